The van der Waals surface area contributed by atoms with Gasteiger partial charge in [-0.25, -0.2) is 0 Å². The molecule has 0 saturated heterocycles. The number of halogens is 1. The van der Waals surface area contributed by atoms with E-state index in [0.717, 1.165) is 50.3 Å². The van der Waals surface area contributed by atoms with Crippen LogP contribution in [-0.2, 0) is 19.8 Å². The zero-order chi connectivity index (χ0) is 32.1. The van der Waals surface area contributed by atoms with Gasteiger partial charge in [0.25, 0.3) is 0 Å². The Bertz CT molecular complexity index is 1860. The van der Waals surface area contributed by atoms with Crippen molar-refractivity contribution < 1.29 is 14.2 Å². The fraction of sp³-hybridized carbons (Fsp3) is 0.175. The van der Waals surface area contributed by atoms with Crippen LogP contribution in [0, 0.1) is 11.3 Å². The first-order chi connectivity index (χ1) is 22.7. The van der Waals surface area contributed by atoms with E-state index in [-0.39, 0.29) is 0 Å². The van der Waals surface area contributed by atoms with Crippen molar-refractivity contribution in [2.45, 2.75) is 33.6 Å². The summed E-state index contributed by atoms with van der Waals surface area (Å²) in [4.78, 5) is 0. The van der Waals surface area contributed by atoms with Gasteiger partial charge in [-0.2, -0.15) is 5.26 Å². The average molecular weight is 629 g/mol. The molecule has 0 saturated carbocycles. The topological polar surface area (TPSA) is 56.4 Å². The maximum absolute atomic E-state index is 10.5. The number of hydrogen-bond acceptors (Lipinski definition) is 4. The molecule has 6 aromatic rings. The van der Waals surface area contributed by atoms with Gasteiger partial charge >= 0.3 is 0 Å². The van der Waals surface area contributed by atoms with Crippen LogP contribution in [0.4, 0.5) is 0 Å². The standard InChI is InChI=1S/C38H31ClN2O3.C2H6/c39-21-22-42-32-15-11-28(12-16-32)25-41-37-20-19-34(44-27-30-9-5-2-6-10-30)23-35(37)36(24-40)38(41)31-13-17-33(18-14-31)43-26-29-7-3-1-4-8-29;1-2/h1-20,23H,21-22,25-27H2;1-2H3. The Morgan fingerprint density at radius 2 is 1.17 bits per heavy atom. The molecule has 5 nitrogen and oxygen atoms in total. The first-order valence-corrected chi connectivity index (χ1v) is 16.0. The minimum absolute atomic E-state index is 0.435. The zero-order valence-electron chi connectivity index (χ0n) is 26.2. The monoisotopic (exact) mass is 628 g/mol. The van der Waals surface area contributed by atoms with Crippen molar-refractivity contribution in [2.75, 3.05) is 12.5 Å². The molecule has 1 aromatic heterocycles. The summed E-state index contributed by atoms with van der Waals surface area (Å²) in [5.41, 5.74) is 6.60. The normalized spacial score (nSPS) is 10.5. The van der Waals surface area contributed by atoms with Crippen LogP contribution in [-0.4, -0.2) is 17.1 Å². The summed E-state index contributed by atoms with van der Waals surface area (Å²) >= 11 is 5.78. The number of rotatable bonds is 12. The van der Waals surface area contributed by atoms with Gasteiger partial charge < -0.3 is 18.8 Å². The van der Waals surface area contributed by atoms with E-state index in [1.807, 2.05) is 141 Å². The van der Waals surface area contributed by atoms with Crippen LogP contribution < -0.4 is 14.2 Å². The Kier molecular flexibility index (Phi) is 11.4. The summed E-state index contributed by atoms with van der Waals surface area (Å²) in [6.45, 7) is 5.96. The molecule has 0 atom stereocenters. The van der Waals surface area contributed by atoms with Crippen LogP contribution in [0.2, 0.25) is 0 Å². The van der Waals surface area contributed by atoms with Crippen molar-refractivity contribution >= 4 is 22.5 Å². The maximum atomic E-state index is 10.5. The molecule has 0 bridgehead atoms. The van der Waals surface area contributed by atoms with E-state index in [1.54, 1.807) is 0 Å². The Labute approximate surface area is 276 Å². The highest BCUT2D eigenvalue weighted by atomic mass is 35.5. The van der Waals surface area contributed by atoms with Crippen LogP contribution in [0.3, 0.4) is 0 Å². The number of fused-ring (bicyclic) bond motifs is 1. The summed E-state index contributed by atoms with van der Waals surface area (Å²) in [6, 6.07) is 44.5. The highest BCUT2D eigenvalue weighted by Gasteiger charge is 2.20. The van der Waals surface area contributed by atoms with Crippen molar-refractivity contribution in [3.05, 3.63) is 150 Å². The van der Waals surface area contributed by atoms with E-state index < -0.39 is 0 Å². The van der Waals surface area contributed by atoms with Crippen LogP contribution >= 0.6 is 11.6 Å². The molecule has 46 heavy (non-hydrogen) atoms. The molecule has 232 valence electrons. The molecule has 0 amide bonds. The lowest BCUT2D eigenvalue weighted by Gasteiger charge is -2.13. The number of hydrogen-bond donors (Lipinski definition) is 0. The first-order valence-electron chi connectivity index (χ1n) is 15.5. The van der Waals surface area contributed by atoms with E-state index in [4.69, 9.17) is 25.8 Å². The molecular weight excluding hydrogens is 592 g/mol. The molecule has 0 N–H and O–H groups in total. The lowest BCUT2D eigenvalue weighted by molar-refractivity contribution is 0.306. The predicted octanol–water partition coefficient (Wildman–Crippen LogP) is 10.0. The molecular formula is C40H37ClN2O3. The van der Waals surface area contributed by atoms with Crippen LogP contribution in [0.5, 0.6) is 17.2 Å². The number of benzene rings is 5. The van der Waals surface area contributed by atoms with Crippen molar-refractivity contribution in [1.82, 2.24) is 4.57 Å². The minimum Gasteiger partial charge on any atom is -0.492 e. The quantitative estimate of drug-likeness (QED) is 0.127. The first kappa shape index (κ1) is 32.2. The van der Waals surface area contributed by atoms with Crippen molar-refractivity contribution in [1.29, 1.82) is 5.26 Å². The molecule has 0 radical (unpaired) electrons. The Morgan fingerprint density at radius 3 is 1.76 bits per heavy atom. The average Bonchev–Trinajstić information content (AvgIpc) is 3.43. The number of nitriles is 1. The fourth-order valence-corrected chi connectivity index (χ4v) is 5.30. The summed E-state index contributed by atoms with van der Waals surface area (Å²) in [5, 5.41) is 11.3. The highest BCUT2D eigenvalue weighted by Crippen LogP contribution is 2.37. The third kappa shape index (κ3) is 7.90. The summed E-state index contributed by atoms with van der Waals surface area (Å²) in [7, 11) is 0. The van der Waals surface area contributed by atoms with Crippen LogP contribution in [0.1, 0.15) is 36.1 Å². The summed E-state index contributed by atoms with van der Waals surface area (Å²) < 4.78 is 20.0. The molecule has 0 unspecified atom stereocenters. The Balaban J connectivity index is 0.00000204. The third-order valence-electron chi connectivity index (χ3n) is 7.38. The fourth-order valence-electron chi connectivity index (χ4n) is 5.22. The van der Waals surface area contributed by atoms with Crippen LogP contribution in [0.25, 0.3) is 22.2 Å². The Morgan fingerprint density at radius 1 is 0.630 bits per heavy atom. The van der Waals surface area contributed by atoms with Gasteiger partial charge in [0.15, 0.2) is 0 Å². The largest absolute Gasteiger partial charge is 0.492 e. The van der Waals surface area contributed by atoms with Gasteiger partial charge in [-0.05, 0) is 76.9 Å². The number of nitrogens with zero attached hydrogens (tertiary/aromatic N) is 2. The summed E-state index contributed by atoms with van der Waals surface area (Å²) in [6.07, 6.45) is 0. The van der Waals surface area contributed by atoms with E-state index in [9.17, 15) is 5.26 Å². The van der Waals surface area contributed by atoms with E-state index in [0.29, 0.717) is 43.6 Å². The second-order valence-corrected chi connectivity index (χ2v) is 10.7. The van der Waals surface area contributed by atoms with E-state index >= 15 is 0 Å². The molecule has 0 aliphatic heterocycles. The second kappa shape index (κ2) is 16.2. The van der Waals surface area contributed by atoms with E-state index in [2.05, 4.69) is 10.6 Å². The van der Waals surface area contributed by atoms with Crippen LogP contribution in [0.15, 0.2) is 127 Å². The molecule has 1 heterocycles. The zero-order valence-corrected chi connectivity index (χ0v) is 26.9. The van der Waals surface area contributed by atoms with Gasteiger partial charge in [0.05, 0.1) is 22.7 Å². The minimum atomic E-state index is 0.435. The molecule has 6 rings (SSSR count). The Hall–Kier alpha value is -5.18. The van der Waals surface area contributed by atoms with Gasteiger partial charge in [-0.1, -0.05) is 86.6 Å². The van der Waals surface area contributed by atoms with Gasteiger partial charge in [0.1, 0.15) is 43.1 Å². The van der Waals surface area contributed by atoms with Crippen molar-refractivity contribution in [3.63, 3.8) is 0 Å². The molecule has 5 aromatic carbocycles. The van der Waals surface area contributed by atoms with E-state index in [1.165, 1.54) is 0 Å². The number of alkyl halides is 1. The van der Waals surface area contributed by atoms with Gasteiger partial charge in [-0.15, -0.1) is 11.6 Å². The third-order valence-corrected chi connectivity index (χ3v) is 7.54. The van der Waals surface area contributed by atoms with Gasteiger partial charge in [-0.3, -0.25) is 0 Å². The molecule has 0 aliphatic rings. The maximum Gasteiger partial charge on any atom is 0.120 e. The number of aromatic nitrogens is 1. The molecule has 0 aliphatic carbocycles. The molecule has 0 fully saturated rings. The number of ether oxygens (including phenoxy) is 3. The second-order valence-electron chi connectivity index (χ2n) is 10.4. The lowest BCUT2D eigenvalue weighted by atomic mass is 10.1. The highest BCUT2D eigenvalue weighted by molar-refractivity contribution is 6.18. The van der Waals surface area contributed by atoms with Gasteiger partial charge in [0.2, 0.25) is 0 Å². The lowest BCUT2D eigenvalue weighted by Crippen LogP contribution is -2.03. The smallest absolute Gasteiger partial charge is 0.120 e. The van der Waals surface area contributed by atoms with Gasteiger partial charge in [0, 0.05) is 11.9 Å². The van der Waals surface area contributed by atoms with Crippen molar-refractivity contribution in [3.8, 4) is 34.6 Å². The predicted molar refractivity (Wildman–Crippen MR) is 187 cm³/mol. The molecule has 0 spiro atoms. The summed E-state index contributed by atoms with van der Waals surface area (Å²) in [5.74, 6) is 2.69. The van der Waals surface area contributed by atoms with Crippen molar-refractivity contribution in [2.24, 2.45) is 0 Å². The SMILES string of the molecule is CC.N#Cc1c(-c2ccc(OCc3ccccc3)cc2)n(Cc2ccc(OCCCl)cc2)c2ccc(OCc3ccccc3)cc12. The molecule has 6 heteroatoms.